The number of rotatable bonds is 8. The highest BCUT2D eigenvalue weighted by molar-refractivity contribution is 5.21. The number of aliphatic hydroxyl groups is 1. The molecule has 102 valence electrons. The van der Waals surface area contributed by atoms with Gasteiger partial charge < -0.3 is 5.11 Å². The molecule has 2 N–H and O–H groups in total. The molecule has 0 radical (unpaired) electrons. The van der Waals surface area contributed by atoms with Crippen molar-refractivity contribution < 1.29 is 5.11 Å². The van der Waals surface area contributed by atoms with Crippen LogP contribution in [0.3, 0.4) is 0 Å². The molecule has 0 aromatic carbocycles. The van der Waals surface area contributed by atoms with E-state index in [2.05, 4.69) is 49.5 Å². The minimum absolute atomic E-state index is 0.0321. The molecule has 0 fully saturated rings. The molecule has 0 rings (SSSR count). The molecule has 0 aliphatic carbocycles. The average molecular weight is 249 g/mol. The molecule has 0 bridgehead atoms. The molecule has 2 atom stereocenters. The fourth-order valence-corrected chi connectivity index (χ4v) is 1.55. The van der Waals surface area contributed by atoms with Crippen molar-refractivity contribution in [3.05, 3.63) is 48.1 Å². The molecule has 0 heterocycles. The zero-order valence-electron chi connectivity index (χ0n) is 12.1. The van der Waals surface area contributed by atoms with Crippen LogP contribution >= 0.6 is 0 Å². The molecular weight excluding hydrogens is 222 g/mol. The predicted octanol–water partition coefficient (Wildman–Crippen LogP) is 3.58. The van der Waals surface area contributed by atoms with E-state index in [1.165, 1.54) is 5.57 Å². The van der Waals surface area contributed by atoms with E-state index in [9.17, 15) is 0 Å². The predicted molar refractivity (Wildman–Crippen MR) is 80.3 cm³/mol. The third-order valence-electron chi connectivity index (χ3n) is 2.68. The molecule has 0 spiro atoms. The van der Waals surface area contributed by atoms with Crippen molar-refractivity contribution in [3.8, 4) is 0 Å². The zero-order valence-corrected chi connectivity index (χ0v) is 12.1. The monoisotopic (exact) mass is 249 g/mol. The molecule has 2 nitrogen and oxygen atoms in total. The quantitative estimate of drug-likeness (QED) is 0.509. The Morgan fingerprint density at radius 2 is 1.89 bits per heavy atom. The lowest BCUT2D eigenvalue weighted by Gasteiger charge is -2.12. The Bertz CT molecular complexity index is 313. The summed E-state index contributed by atoms with van der Waals surface area (Å²) in [5.74, 6) is 0.428. The second kappa shape index (κ2) is 11.0. The summed E-state index contributed by atoms with van der Waals surface area (Å²) in [6, 6.07) is 0.291. The number of hydrogen-bond acceptors (Lipinski definition) is 2. The van der Waals surface area contributed by atoms with E-state index in [4.69, 9.17) is 5.11 Å². The van der Waals surface area contributed by atoms with Crippen molar-refractivity contribution in [3.63, 3.8) is 0 Å². The standard InChI is InChI=1S/C16H27NO/c1-5-7-8-9-14(3)10-11-16(6-2)12-15(4)17-13-18/h5-11,14-15,17-18H,12-13H2,1-4H3/b7-5-,9-8-,11-10-,16-6+/t14?,15-/m1/s1. The lowest BCUT2D eigenvalue weighted by molar-refractivity contribution is 0.244. The fourth-order valence-electron chi connectivity index (χ4n) is 1.55. The Morgan fingerprint density at radius 1 is 1.17 bits per heavy atom. The van der Waals surface area contributed by atoms with Crippen molar-refractivity contribution in [2.24, 2.45) is 5.92 Å². The Labute approximate surface area is 112 Å². The molecule has 0 aromatic rings. The highest BCUT2D eigenvalue weighted by atomic mass is 16.3. The van der Waals surface area contributed by atoms with Gasteiger partial charge in [0.1, 0.15) is 0 Å². The normalized spacial score (nSPS) is 17.1. The van der Waals surface area contributed by atoms with Gasteiger partial charge in [0.2, 0.25) is 0 Å². The molecule has 18 heavy (non-hydrogen) atoms. The van der Waals surface area contributed by atoms with Crippen LogP contribution in [0.1, 0.15) is 34.1 Å². The van der Waals surface area contributed by atoms with Crippen molar-refractivity contribution in [1.82, 2.24) is 5.32 Å². The molecule has 0 saturated heterocycles. The first-order valence-corrected chi connectivity index (χ1v) is 6.61. The van der Waals surface area contributed by atoms with Crippen molar-refractivity contribution >= 4 is 0 Å². The first kappa shape index (κ1) is 16.9. The van der Waals surface area contributed by atoms with Crippen LogP contribution in [0.25, 0.3) is 0 Å². The Kier molecular flexibility index (Phi) is 10.3. The van der Waals surface area contributed by atoms with Gasteiger partial charge in [-0.1, -0.05) is 55.0 Å². The summed E-state index contributed by atoms with van der Waals surface area (Å²) in [6.07, 6.45) is 15.7. The molecule has 0 saturated carbocycles. The Balaban J connectivity index is 4.27. The van der Waals surface area contributed by atoms with Crippen molar-refractivity contribution in [1.29, 1.82) is 0 Å². The van der Waals surface area contributed by atoms with Crippen LogP contribution in [0, 0.1) is 5.92 Å². The van der Waals surface area contributed by atoms with Crippen LogP contribution in [-0.2, 0) is 0 Å². The summed E-state index contributed by atoms with van der Waals surface area (Å²) >= 11 is 0. The number of hydrogen-bond donors (Lipinski definition) is 2. The van der Waals surface area contributed by atoms with Crippen LogP contribution < -0.4 is 5.32 Å². The molecule has 0 amide bonds. The summed E-state index contributed by atoms with van der Waals surface area (Å²) in [4.78, 5) is 0. The van der Waals surface area contributed by atoms with Crippen LogP contribution in [-0.4, -0.2) is 17.9 Å². The highest BCUT2D eigenvalue weighted by Crippen LogP contribution is 2.10. The van der Waals surface area contributed by atoms with Crippen LogP contribution in [0.2, 0.25) is 0 Å². The molecule has 2 heteroatoms. The summed E-state index contributed by atoms with van der Waals surface area (Å²) in [6.45, 7) is 8.33. The highest BCUT2D eigenvalue weighted by Gasteiger charge is 2.01. The molecule has 0 aliphatic heterocycles. The van der Waals surface area contributed by atoms with E-state index in [1.54, 1.807) is 0 Å². The van der Waals surface area contributed by atoms with Gasteiger partial charge in [-0.05, 0) is 33.1 Å². The SMILES string of the molecule is C/C=C\C=C/C(C)/C=C\C(=C/C)C[C@@H](C)NCO. The van der Waals surface area contributed by atoms with Gasteiger partial charge in [0.05, 0.1) is 6.73 Å². The lowest BCUT2D eigenvalue weighted by atomic mass is 10.0. The van der Waals surface area contributed by atoms with Gasteiger partial charge in [0.15, 0.2) is 0 Å². The van der Waals surface area contributed by atoms with E-state index in [1.807, 2.05) is 26.0 Å². The second-order valence-electron chi connectivity index (χ2n) is 4.46. The molecule has 1 unspecified atom stereocenters. The van der Waals surface area contributed by atoms with Gasteiger partial charge in [0.25, 0.3) is 0 Å². The smallest absolute Gasteiger partial charge is 0.0933 e. The molecular formula is C16H27NO. The van der Waals surface area contributed by atoms with Crippen LogP contribution in [0.5, 0.6) is 0 Å². The van der Waals surface area contributed by atoms with Gasteiger partial charge >= 0.3 is 0 Å². The summed E-state index contributed by atoms with van der Waals surface area (Å²) in [5, 5.41) is 11.8. The van der Waals surface area contributed by atoms with Gasteiger partial charge in [-0.15, -0.1) is 0 Å². The van der Waals surface area contributed by atoms with Gasteiger partial charge in [0, 0.05) is 6.04 Å². The van der Waals surface area contributed by atoms with Crippen molar-refractivity contribution in [2.45, 2.75) is 40.2 Å². The molecule has 0 aliphatic rings. The third kappa shape index (κ3) is 8.97. The average Bonchev–Trinajstić information content (AvgIpc) is 2.35. The van der Waals surface area contributed by atoms with Crippen molar-refractivity contribution in [2.75, 3.05) is 6.73 Å². The maximum absolute atomic E-state index is 8.80. The van der Waals surface area contributed by atoms with Crippen LogP contribution in [0.15, 0.2) is 48.1 Å². The Hall–Kier alpha value is -1.12. The van der Waals surface area contributed by atoms with Gasteiger partial charge in [-0.3, -0.25) is 5.32 Å². The van der Waals surface area contributed by atoms with E-state index in [0.29, 0.717) is 12.0 Å². The number of allylic oxidation sites excluding steroid dienone is 7. The minimum atomic E-state index is 0.0321. The minimum Gasteiger partial charge on any atom is -0.381 e. The summed E-state index contributed by atoms with van der Waals surface area (Å²) < 4.78 is 0. The van der Waals surface area contributed by atoms with E-state index in [-0.39, 0.29) is 6.73 Å². The maximum Gasteiger partial charge on any atom is 0.0933 e. The second-order valence-corrected chi connectivity index (χ2v) is 4.46. The Morgan fingerprint density at radius 3 is 2.44 bits per heavy atom. The fraction of sp³-hybridized carbons (Fsp3) is 0.500. The van der Waals surface area contributed by atoms with Crippen LogP contribution in [0.4, 0.5) is 0 Å². The summed E-state index contributed by atoms with van der Waals surface area (Å²) in [5.41, 5.74) is 1.29. The first-order valence-electron chi connectivity index (χ1n) is 6.61. The zero-order chi connectivity index (χ0) is 13.8. The number of aliphatic hydroxyl groups excluding tert-OH is 1. The third-order valence-corrected chi connectivity index (χ3v) is 2.68. The number of nitrogens with one attached hydrogen (secondary N) is 1. The van der Waals surface area contributed by atoms with E-state index < -0.39 is 0 Å². The lowest BCUT2D eigenvalue weighted by Crippen LogP contribution is -2.26. The van der Waals surface area contributed by atoms with E-state index >= 15 is 0 Å². The van der Waals surface area contributed by atoms with Gasteiger partial charge in [-0.25, -0.2) is 0 Å². The van der Waals surface area contributed by atoms with E-state index in [0.717, 1.165) is 6.42 Å². The molecule has 0 aromatic heterocycles. The summed E-state index contributed by atoms with van der Waals surface area (Å²) in [7, 11) is 0. The topological polar surface area (TPSA) is 32.3 Å². The largest absolute Gasteiger partial charge is 0.381 e. The maximum atomic E-state index is 8.80. The van der Waals surface area contributed by atoms with Gasteiger partial charge in [-0.2, -0.15) is 0 Å². The first-order chi connectivity index (χ1) is 8.63.